The highest BCUT2D eigenvalue weighted by Crippen LogP contribution is 2.26. The van der Waals surface area contributed by atoms with Gasteiger partial charge in [-0.05, 0) is 38.0 Å². The van der Waals surface area contributed by atoms with E-state index in [9.17, 15) is 4.79 Å². The number of esters is 1. The molecule has 0 fully saturated rings. The lowest BCUT2D eigenvalue weighted by atomic mass is 10.1. The molecular weight excluding hydrogens is 306 g/mol. The van der Waals surface area contributed by atoms with Crippen LogP contribution in [0, 0.1) is 0 Å². The maximum absolute atomic E-state index is 11.6. The second kappa shape index (κ2) is 8.86. The van der Waals surface area contributed by atoms with Crippen LogP contribution in [0.2, 0.25) is 0 Å². The van der Waals surface area contributed by atoms with Crippen molar-refractivity contribution in [3.05, 3.63) is 41.7 Å². The van der Waals surface area contributed by atoms with E-state index in [0.29, 0.717) is 12.4 Å². The Kier molecular flexibility index (Phi) is 6.54. The summed E-state index contributed by atoms with van der Waals surface area (Å²) in [5.74, 6) is 0.259. The number of hydrogen-bond donors (Lipinski definition) is 0. The Labute approximate surface area is 142 Å². The van der Waals surface area contributed by atoms with Crippen LogP contribution in [0.4, 0.5) is 0 Å². The molecule has 0 atom stereocenters. The standard InChI is InChI=1S/C18H23N3O3/c1-4-6-8-14-13-21(20-19-14)16-9-7-10-17(23-3)15(16)11-12-18(22)24-5-2/h7,9-13H,4-6,8H2,1-3H3/b12-11+. The first-order chi connectivity index (χ1) is 11.7. The number of aromatic nitrogens is 3. The first kappa shape index (κ1) is 17.7. The molecule has 2 aromatic rings. The highest BCUT2D eigenvalue weighted by molar-refractivity contribution is 5.88. The number of benzene rings is 1. The number of unbranched alkanes of at least 4 members (excludes halogenated alkanes) is 1. The molecule has 1 heterocycles. The van der Waals surface area contributed by atoms with Crippen molar-refractivity contribution in [2.45, 2.75) is 33.1 Å². The van der Waals surface area contributed by atoms with Crippen molar-refractivity contribution in [2.75, 3.05) is 13.7 Å². The van der Waals surface area contributed by atoms with Crippen LogP contribution in [0.1, 0.15) is 37.9 Å². The predicted molar refractivity (Wildman–Crippen MR) is 92.2 cm³/mol. The van der Waals surface area contributed by atoms with E-state index in [2.05, 4.69) is 17.2 Å². The monoisotopic (exact) mass is 329 g/mol. The van der Waals surface area contributed by atoms with Gasteiger partial charge in [0.15, 0.2) is 0 Å². The van der Waals surface area contributed by atoms with Gasteiger partial charge < -0.3 is 9.47 Å². The van der Waals surface area contributed by atoms with E-state index in [1.165, 1.54) is 6.08 Å². The number of ether oxygens (including phenoxy) is 2. The summed E-state index contributed by atoms with van der Waals surface area (Å²) in [5.41, 5.74) is 2.49. The van der Waals surface area contributed by atoms with E-state index < -0.39 is 5.97 Å². The van der Waals surface area contributed by atoms with Gasteiger partial charge in [-0.1, -0.05) is 24.6 Å². The van der Waals surface area contributed by atoms with Crippen LogP contribution < -0.4 is 4.74 Å². The van der Waals surface area contributed by atoms with Gasteiger partial charge in [0.1, 0.15) is 5.75 Å². The van der Waals surface area contributed by atoms with Gasteiger partial charge in [0.05, 0.1) is 31.3 Å². The fourth-order valence-electron chi connectivity index (χ4n) is 2.31. The summed E-state index contributed by atoms with van der Waals surface area (Å²) < 4.78 is 12.0. The van der Waals surface area contributed by atoms with Crippen molar-refractivity contribution in [3.8, 4) is 11.4 Å². The zero-order valence-electron chi connectivity index (χ0n) is 14.4. The van der Waals surface area contributed by atoms with Gasteiger partial charge in [0.25, 0.3) is 0 Å². The first-order valence-electron chi connectivity index (χ1n) is 8.13. The number of carbonyl (C=O) groups excluding carboxylic acids is 1. The smallest absolute Gasteiger partial charge is 0.330 e. The Morgan fingerprint density at radius 2 is 2.17 bits per heavy atom. The van der Waals surface area contributed by atoms with Crippen molar-refractivity contribution in [1.82, 2.24) is 15.0 Å². The quantitative estimate of drug-likeness (QED) is 0.549. The number of aryl methyl sites for hydroxylation is 1. The average molecular weight is 329 g/mol. The average Bonchev–Trinajstić information content (AvgIpc) is 3.06. The number of hydrogen-bond acceptors (Lipinski definition) is 5. The molecule has 0 spiro atoms. The molecule has 0 radical (unpaired) electrons. The molecule has 0 aliphatic rings. The van der Waals surface area contributed by atoms with Crippen molar-refractivity contribution in [1.29, 1.82) is 0 Å². The summed E-state index contributed by atoms with van der Waals surface area (Å²) in [5, 5.41) is 8.41. The maximum atomic E-state index is 11.6. The van der Waals surface area contributed by atoms with Gasteiger partial charge >= 0.3 is 5.97 Å². The summed E-state index contributed by atoms with van der Waals surface area (Å²) in [7, 11) is 1.59. The molecule has 0 saturated heterocycles. The fourth-order valence-corrected chi connectivity index (χ4v) is 2.31. The third-order valence-electron chi connectivity index (χ3n) is 3.51. The van der Waals surface area contributed by atoms with E-state index in [-0.39, 0.29) is 0 Å². The molecule has 0 aliphatic carbocycles. The summed E-state index contributed by atoms with van der Waals surface area (Å²) >= 11 is 0. The molecule has 1 aromatic heterocycles. The van der Waals surface area contributed by atoms with Gasteiger partial charge in [-0.15, -0.1) is 5.10 Å². The molecule has 0 unspecified atom stereocenters. The Balaban J connectivity index is 2.35. The van der Waals surface area contributed by atoms with Gasteiger partial charge in [-0.3, -0.25) is 0 Å². The minimum atomic E-state index is -0.392. The van der Waals surface area contributed by atoms with E-state index in [0.717, 1.165) is 36.2 Å². The van der Waals surface area contributed by atoms with Crippen LogP contribution in [0.5, 0.6) is 5.75 Å². The fraction of sp³-hybridized carbons (Fsp3) is 0.389. The number of carbonyl (C=O) groups is 1. The molecular formula is C18H23N3O3. The molecule has 0 N–H and O–H groups in total. The van der Waals surface area contributed by atoms with Crippen LogP contribution in [0.15, 0.2) is 30.5 Å². The number of methoxy groups -OCH3 is 1. The van der Waals surface area contributed by atoms with E-state index in [1.807, 2.05) is 24.4 Å². The highest BCUT2D eigenvalue weighted by Gasteiger charge is 2.11. The Morgan fingerprint density at radius 3 is 2.88 bits per heavy atom. The lowest BCUT2D eigenvalue weighted by Crippen LogP contribution is -2.02. The van der Waals surface area contributed by atoms with Gasteiger partial charge in [-0.2, -0.15) is 0 Å². The van der Waals surface area contributed by atoms with Crippen molar-refractivity contribution >= 4 is 12.0 Å². The van der Waals surface area contributed by atoms with Crippen molar-refractivity contribution < 1.29 is 14.3 Å². The van der Waals surface area contributed by atoms with E-state index in [1.54, 1.807) is 24.8 Å². The molecule has 6 nitrogen and oxygen atoms in total. The number of rotatable bonds is 8. The molecule has 1 aromatic carbocycles. The first-order valence-corrected chi connectivity index (χ1v) is 8.13. The summed E-state index contributed by atoms with van der Waals surface area (Å²) in [6, 6.07) is 5.62. The Morgan fingerprint density at radius 1 is 1.33 bits per heavy atom. The van der Waals surface area contributed by atoms with Crippen LogP contribution in [-0.2, 0) is 16.0 Å². The summed E-state index contributed by atoms with van der Waals surface area (Å²) in [6.45, 7) is 4.25. The minimum absolute atomic E-state index is 0.339. The number of nitrogens with zero attached hydrogens (tertiary/aromatic N) is 3. The van der Waals surface area contributed by atoms with Crippen LogP contribution in [0.25, 0.3) is 11.8 Å². The summed E-state index contributed by atoms with van der Waals surface area (Å²) in [6.07, 6.45) is 8.06. The molecule has 0 amide bonds. The lowest BCUT2D eigenvalue weighted by Gasteiger charge is -2.10. The largest absolute Gasteiger partial charge is 0.496 e. The van der Waals surface area contributed by atoms with E-state index in [4.69, 9.17) is 9.47 Å². The van der Waals surface area contributed by atoms with Gasteiger partial charge in [-0.25, -0.2) is 9.48 Å². The lowest BCUT2D eigenvalue weighted by molar-refractivity contribution is -0.137. The van der Waals surface area contributed by atoms with Crippen LogP contribution in [-0.4, -0.2) is 34.7 Å². The topological polar surface area (TPSA) is 66.2 Å². The Hall–Kier alpha value is -2.63. The molecule has 0 aliphatic heterocycles. The molecule has 6 heteroatoms. The predicted octanol–water partition coefficient (Wildman–Crippen LogP) is 3.19. The molecule has 128 valence electrons. The van der Waals surface area contributed by atoms with Gasteiger partial charge in [0.2, 0.25) is 0 Å². The maximum Gasteiger partial charge on any atom is 0.330 e. The molecule has 0 saturated carbocycles. The third-order valence-corrected chi connectivity index (χ3v) is 3.51. The summed E-state index contributed by atoms with van der Waals surface area (Å²) in [4.78, 5) is 11.6. The van der Waals surface area contributed by atoms with Crippen molar-refractivity contribution in [3.63, 3.8) is 0 Å². The van der Waals surface area contributed by atoms with Crippen LogP contribution >= 0.6 is 0 Å². The van der Waals surface area contributed by atoms with Crippen LogP contribution in [0.3, 0.4) is 0 Å². The zero-order valence-corrected chi connectivity index (χ0v) is 14.4. The molecule has 24 heavy (non-hydrogen) atoms. The Bertz CT molecular complexity index is 707. The highest BCUT2D eigenvalue weighted by atomic mass is 16.5. The van der Waals surface area contributed by atoms with E-state index >= 15 is 0 Å². The molecule has 0 bridgehead atoms. The van der Waals surface area contributed by atoms with Gasteiger partial charge in [0, 0.05) is 11.6 Å². The normalized spacial score (nSPS) is 11.0. The zero-order chi connectivity index (χ0) is 17.4. The second-order valence-electron chi connectivity index (χ2n) is 5.24. The minimum Gasteiger partial charge on any atom is -0.496 e. The second-order valence-corrected chi connectivity index (χ2v) is 5.24. The molecule has 2 rings (SSSR count). The third kappa shape index (κ3) is 4.44. The SMILES string of the molecule is CCCCc1cn(-c2cccc(OC)c2/C=C/C(=O)OCC)nn1. The van der Waals surface area contributed by atoms with Crippen molar-refractivity contribution in [2.24, 2.45) is 0 Å².